The van der Waals surface area contributed by atoms with E-state index in [1.807, 2.05) is 11.9 Å². The van der Waals surface area contributed by atoms with Crippen LogP contribution in [0.3, 0.4) is 0 Å². The number of rotatable bonds is 2. The largest absolute Gasteiger partial charge is 0.344 e. The van der Waals surface area contributed by atoms with E-state index in [1.165, 1.54) is 11.1 Å². The Morgan fingerprint density at radius 3 is 2.71 bits per heavy atom. The van der Waals surface area contributed by atoms with E-state index >= 15 is 0 Å². The van der Waals surface area contributed by atoms with Gasteiger partial charge < -0.3 is 4.90 Å². The third-order valence-corrected chi connectivity index (χ3v) is 3.47. The number of likely N-dealkylation sites (N-methyl/N-ethyl adjacent to an activating group) is 1. The third kappa shape index (κ3) is 3.07. The van der Waals surface area contributed by atoms with Gasteiger partial charge in [0.05, 0.1) is 0 Å². The first kappa shape index (κ1) is 12.1. The second kappa shape index (κ2) is 5.32. The molecular formula is C14H20N2O. The van der Waals surface area contributed by atoms with Gasteiger partial charge in [0, 0.05) is 39.6 Å². The Morgan fingerprint density at radius 1 is 1.18 bits per heavy atom. The van der Waals surface area contributed by atoms with E-state index < -0.39 is 0 Å². The molecule has 0 N–H and O–H groups in total. The summed E-state index contributed by atoms with van der Waals surface area (Å²) in [5.74, 6) is 0.261. The molecule has 0 aromatic heterocycles. The maximum absolute atomic E-state index is 11.6. The average molecular weight is 232 g/mol. The van der Waals surface area contributed by atoms with Crippen LogP contribution in [0.2, 0.25) is 0 Å². The predicted molar refractivity (Wildman–Crippen MR) is 68.7 cm³/mol. The van der Waals surface area contributed by atoms with E-state index in [1.54, 1.807) is 0 Å². The van der Waals surface area contributed by atoms with Gasteiger partial charge in [-0.25, -0.2) is 0 Å². The van der Waals surface area contributed by atoms with Crippen LogP contribution in [-0.2, 0) is 11.3 Å². The molecule has 0 radical (unpaired) electrons. The highest BCUT2D eigenvalue weighted by atomic mass is 16.2. The SMILES string of the molecule is Cc1ccccc1CN1CCC(=O)N(C)CC1. The summed E-state index contributed by atoms with van der Waals surface area (Å²) < 4.78 is 0. The van der Waals surface area contributed by atoms with Crippen molar-refractivity contribution in [2.45, 2.75) is 19.9 Å². The Morgan fingerprint density at radius 2 is 1.94 bits per heavy atom. The van der Waals surface area contributed by atoms with Gasteiger partial charge in [-0.3, -0.25) is 9.69 Å². The van der Waals surface area contributed by atoms with E-state index in [0.29, 0.717) is 6.42 Å². The Labute approximate surface area is 103 Å². The van der Waals surface area contributed by atoms with Crippen molar-refractivity contribution >= 4 is 5.91 Å². The molecule has 1 heterocycles. The summed E-state index contributed by atoms with van der Waals surface area (Å²) in [5.41, 5.74) is 2.70. The Balaban J connectivity index is 2.00. The maximum atomic E-state index is 11.6. The number of hydrogen-bond donors (Lipinski definition) is 0. The van der Waals surface area contributed by atoms with Gasteiger partial charge in [-0.15, -0.1) is 0 Å². The normalized spacial score (nSPS) is 18.2. The molecule has 3 heteroatoms. The lowest BCUT2D eigenvalue weighted by molar-refractivity contribution is -0.129. The fraction of sp³-hybridized carbons (Fsp3) is 0.500. The molecule has 0 atom stereocenters. The van der Waals surface area contributed by atoms with Crippen LogP contribution in [-0.4, -0.2) is 42.4 Å². The molecule has 3 nitrogen and oxygen atoms in total. The van der Waals surface area contributed by atoms with Crippen molar-refractivity contribution in [3.05, 3.63) is 35.4 Å². The lowest BCUT2D eigenvalue weighted by Gasteiger charge is -2.20. The van der Waals surface area contributed by atoms with Gasteiger partial charge in [0.2, 0.25) is 5.91 Å². The Hall–Kier alpha value is -1.35. The third-order valence-electron chi connectivity index (χ3n) is 3.47. The topological polar surface area (TPSA) is 23.6 Å². The highest BCUT2D eigenvalue weighted by Gasteiger charge is 2.17. The first-order chi connectivity index (χ1) is 8.16. The molecule has 0 aliphatic carbocycles. The second-order valence-corrected chi connectivity index (χ2v) is 4.77. The number of hydrogen-bond acceptors (Lipinski definition) is 2. The van der Waals surface area contributed by atoms with Crippen LogP contribution in [0, 0.1) is 6.92 Å². The van der Waals surface area contributed by atoms with E-state index in [2.05, 4.69) is 36.1 Å². The standard InChI is InChI=1S/C14H20N2O/c1-12-5-3-4-6-13(12)11-16-8-7-14(17)15(2)9-10-16/h3-6H,7-11H2,1-2H3. The van der Waals surface area contributed by atoms with Crippen molar-refractivity contribution in [3.8, 4) is 0 Å². The van der Waals surface area contributed by atoms with Crippen LogP contribution in [0.5, 0.6) is 0 Å². The summed E-state index contributed by atoms with van der Waals surface area (Å²) in [7, 11) is 1.89. The molecule has 1 aliphatic heterocycles. The fourth-order valence-electron chi connectivity index (χ4n) is 2.16. The predicted octanol–water partition coefficient (Wildman–Crippen LogP) is 1.66. The van der Waals surface area contributed by atoms with Crippen LogP contribution in [0.4, 0.5) is 0 Å². The van der Waals surface area contributed by atoms with Gasteiger partial charge >= 0.3 is 0 Å². The van der Waals surface area contributed by atoms with E-state index in [9.17, 15) is 4.79 Å². The average Bonchev–Trinajstić information content (AvgIpc) is 2.48. The summed E-state index contributed by atoms with van der Waals surface area (Å²) in [4.78, 5) is 15.8. The van der Waals surface area contributed by atoms with Gasteiger partial charge in [0.1, 0.15) is 0 Å². The molecule has 1 saturated heterocycles. The van der Waals surface area contributed by atoms with Crippen LogP contribution >= 0.6 is 0 Å². The minimum Gasteiger partial charge on any atom is -0.344 e. The second-order valence-electron chi connectivity index (χ2n) is 4.77. The summed E-state index contributed by atoms with van der Waals surface area (Å²) in [6, 6.07) is 8.46. The van der Waals surface area contributed by atoms with Crippen molar-refractivity contribution in [2.24, 2.45) is 0 Å². The molecule has 92 valence electrons. The van der Waals surface area contributed by atoms with E-state index in [4.69, 9.17) is 0 Å². The molecule has 2 rings (SSSR count). The number of aryl methyl sites for hydroxylation is 1. The van der Waals surface area contributed by atoms with Crippen molar-refractivity contribution in [1.82, 2.24) is 9.80 Å². The first-order valence-electron chi connectivity index (χ1n) is 6.17. The smallest absolute Gasteiger partial charge is 0.223 e. The summed E-state index contributed by atoms with van der Waals surface area (Å²) in [5, 5.41) is 0. The minimum absolute atomic E-state index is 0.261. The zero-order chi connectivity index (χ0) is 12.3. The molecule has 1 aromatic rings. The molecule has 0 spiro atoms. The fourth-order valence-corrected chi connectivity index (χ4v) is 2.16. The van der Waals surface area contributed by atoms with Gasteiger partial charge in [0.15, 0.2) is 0 Å². The molecular weight excluding hydrogens is 212 g/mol. The number of carbonyl (C=O) groups is 1. The quantitative estimate of drug-likeness (QED) is 0.774. The molecule has 0 bridgehead atoms. The van der Waals surface area contributed by atoms with Crippen LogP contribution in [0.25, 0.3) is 0 Å². The Bertz CT molecular complexity index is 403. The number of benzene rings is 1. The highest BCUT2D eigenvalue weighted by Crippen LogP contribution is 2.12. The number of amides is 1. The van der Waals surface area contributed by atoms with Crippen molar-refractivity contribution in [2.75, 3.05) is 26.7 Å². The molecule has 17 heavy (non-hydrogen) atoms. The number of carbonyl (C=O) groups excluding carboxylic acids is 1. The molecule has 0 unspecified atom stereocenters. The summed E-state index contributed by atoms with van der Waals surface area (Å²) >= 11 is 0. The lowest BCUT2D eigenvalue weighted by atomic mass is 10.1. The van der Waals surface area contributed by atoms with Gasteiger partial charge in [-0.2, -0.15) is 0 Å². The molecule has 0 saturated carbocycles. The minimum atomic E-state index is 0.261. The van der Waals surface area contributed by atoms with Crippen LogP contribution < -0.4 is 0 Å². The lowest BCUT2D eigenvalue weighted by Crippen LogP contribution is -2.29. The van der Waals surface area contributed by atoms with Gasteiger partial charge in [-0.1, -0.05) is 24.3 Å². The van der Waals surface area contributed by atoms with Gasteiger partial charge in [0.25, 0.3) is 0 Å². The zero-order valence-corrected chi connectivity index (χ0v) is 10.6. The molecule has 1 aliphatic rings. The van der Waals surface area contributed by atoms with Crippen molar-refractivity contribution < 1.29 is 4.79 Å². The highest BCUT2D eigenvalue weighted by molar-refractivity contribution is 5.76. The number of nitrogens with zero attached hydrogens (tertiary/aromatic N) is 2. The van der Waals surface area contributed by atoms with Crippen molar-refractivity contribution in [3.63, 3.8) is 0 Å². The van der Waals surface area contributed by atoms with Crippen LogP contribution in [0.15, 0.2) is 24.3 Å². The zero-order valence-electron chi connectivity index (χ0n) is 10.6. The van der Waals surface area contributed by atoms with Crippen LogP contribution in [0.1, 0.15) is 17.5 Å². The van der Waals surface area contributed by atoms with E-state index in [0.717, 1.165) is 26.2 Å². The maximum Gasteiger partial charge on any atom is 0.223 e. The van der Waals surface area contributed by atoms with E-state index in [-0.39, 0.29) is 5.91 Å². The molecule has 1 aromatic carbocycles. The Kier molecular flexibility index (Phi) is 3.79. The molecule has 1 amide bonds. The van der Waals surface area contributed by atoms with Gasteiger partial charge in [-0.05, 0) is 18.1 Å². The van der Waals surface area contributed by atoms with Crippen molar-refractivity contribution in [1.29, 1.82) is 0 Å². The summed E-state index contributed by atoms with van der Waals surface area (Å²) in [6.45, 7) is 5.77. The summed E-state index contributed by atoms with van der Waals surface area (Å²) in [6.07, 6.45) is 0.641. The monoisotopic (exact) mass is 232 g/mol. The first-order valence-corrected chi connectivity index (χ1v) is 6.17. The molecule has 1 fully saturated rings.